The van der Waals surface area contributed by atoms with E-state index in [-0.39, 0.29) is 0 Å². The molecule has 3 nitrogen and oxygen atoms in total. The molecule has 0 amide bonds. The Kier molecular flexibility index (Phi) is 7.17. The molecule has 0 aliphatic carbocycles. The summed E-state index contributed by atoms with van der Waals surface area (Å²) in [6.07, 6.45) is 1.81. The van der Waals surface area contributed by atoms with E-state index in [1.54, 1.807) is 0 Å². The van der Waals surface area contributed by atoms with Crippen molar-refractivity contribution in [3.05, 3.63) is 23.7 Å². The third-order valence-corrected chi connectivity index (χ3v) is 3.14. The highest BCUT2D eigenvalue weighted by Crippen LogP contribution is 2.14. The fourth-order valence-corrected chi connectivity index (χ4v) is 2.18. The summed E-state index contributed by atoms with van der Waals surface area (Å²) in [5.74, 6) is 2.49. The van der Waals surface area contributed by atoms with Crippen LogP contribution in [0.25, 0.3) is 0 Å². The molecule has 0 aliphatic rings. The van der Waals surface area contributed by atoms with Gasteiger partial charge in [0.15, 0.2) is 0 Å². The van der Waals surface area contributed by atoms with Gasteiger partial charge >= 0.3 is 0 Å². The molecule has 110 valence electrons. The zero-order valence-corrected chi connectivity index (χ0v) is 13.2. The van der Waals surface area contributed by atoms with Crippen molar-refractivity contribution < 1.29 is 4.42 Å². The maximum Gasteiger partial charge on any atom is 0.122 e. The number of nitrogens with zero attached hydrogens (tertiary/aromatic N) is 1. The molecule has 1 N–H and O–H groups in total. The molecular weight excluding hydrogens is 236 g/mol. The summed E-state index contributed by atoms with van der Waals surface area (Å²) in [5, 5.41) is 3.48. The zero-order chi connectivity index (χ0) is 14.3. The minimum atomic E-state index is 0.684. The van der Waals surface area contributed by atoms with Gasteiger partial charge in [0.2, 0.25) is 0 Å². The van der Waals surface area contributed by atoms with Crippen molar-refractivity contribution >= 4 is 0 Å². The molecule has 0 bridgehead atoms. The van der Waals surface area contributed by atoms with E-state index in [1.165, 1.54) is 5.56 Å². The Morgan fingerprint density at radius 3 is 2.53 bits per heavy atom. The van der Waals surface area contributed by atoms with Crippen LogP contribution in [0.4, 0.5) is 0 Å². The van der Waals surface area contributed by atoms with Gasteiger partial charge in [-0.3, -0.25) is 4.90 Å². The van der Waals surface area contributed by atoms with Gasteiger partial charge in [0.05, 0.1) is 12.8 Å². The van der Waals surface area contributed by atoms with Crippen LogP contribution in [-0.4, -0.2) is 24.5 Å². The predicted octanol–water partition coefficient (Wildman–Crippen LogP) is 3.50. The lowest BCUT2D eigenvalue weighted by molar-refractivity contribution is 0.228. The Morgan fingerprint density at radius 2 is 1.95 bits per heavy atom. The SMILES string of the molecule is CCN(Cc1occc1CNCC(C)C)CC(C)C. The number of furan rings is 1. The molecular formula is C16H30N2O. The highest BCUT2D eigenvalue weighted by molar-refractivity contribution is 5.16. The molecule has 0 fully saturated rings. The molecule has 1 aromatic heterocycles. The average Bonchev–Trinajstić information content (AvgIpc) is 2.75. The normalized spacial score (nSPS) is 12.0. The minimum Gasteiger partial charge on any atom is -0.468 e. The van der Waals surface area contributed by atoms with Gasteiger partial charge in [0.25, 0.3) is 0 Å². The molecule has 3 heteroatoms. The predicted molar refractivity (Wildman–Crippen MR) is 81.0 cm³/mol. The van der Waals surface area contributed by atoms with Crippen molar-refractivity contribution in [3.63, 3.8) is 0 Å². The first-order valence-corrected chi connectivity index (χ1v) is 7.51. The number of rotatable bonds is 9. The van der Waals surface area contributed by atoms with Crippen molar-refractivity contribution in [2.45, 2.75) is 47.7 Å². The summed E-state index contributed by atoms with van der Waals surface area (Å²) in [5.41, 5.74) is 1.29. The molecule has 0 saturated heterocycles. The zero-order valence-electron chi connectivity index (χ0n) is 13.2. The van der Waals surface area contributed by atoms with Crippen LogP contribution in [0.1, 0.15) is 45.9 Å². The fourth-order valence-electron chi connectivity index (χ4n) is 2.18. The van der Waals surface area contributed by atoms with E-state index in [2.05, 4.69) is 50.9 Å². The van der Waals surface area contributed by atoms with Gasteiger partial charge in [-0.05, 0) is 31.0 Å². The second-order valence-electron chi connectivity index (χ2n) is 6.12. The number of hydrogen-bond donors (Lipinski definition) is 1. The van der Waals surface area contributed by atoms with Gasteiger partial charge in [-0.15, -0.1) is 0 Å². The van der Waals surface area contributed by atoms with Crippen molar-refractivity contribution in [2.75, 3.05) is 19.6 Å². The second-order valence-corrected chi connectivity index (χ2v) is 6.12. The van der Waals surface area contributed by atoms with E-state index in [0.29, 0.717) is 11.8 Å². The summed E-state index contributed by atoms with van der Waals surface area (Å²) in [6, 6.07) is 2.09. The van der Waals surface area contributed by atoms with Crippen molar-refractivity contribution in [2.24, 2.45) is 11.8 Å². The molecule has 0 spiro atoms. The Bertz CT molecular complexity index is 344. The van der Waals surface area contributed by atoms with E-state index >= 15 is 0 Å². The Morgan fingerprint density at radius 1 is 1.21 bits per heavy atom. The molecule has 0 unspecified atom stereocenters. The summed E-state index contributed by atoms with van der Waals surface area (Å²) in [6.45, 7) is 16.2. The van der Waals surface area contributed by atoms with Crippen LogP contribution in [0.3, 0.4) is 0 Å². The lowest BCUT2D eigenvalue weighted by Gasteiger charge is -2.22. The molecule has 0 aromatic carbocycles. The molecule has 0 aliphatic heterocycles. The standard InChI is InChI=1S/C16H30N2O/c1-6-18(11-14(4)5)12-16-15(7-8-19-16)10-17-9-13(2)3/h7-8,13-14,17H,6,9-12H2,1-5H3. The maximum absolute atomic E-state index is 5.65. The van der Waals surface area contributed by atoms with E-state index in [9.17, 15) is 0 Å². The molecule has 19 heavy (non-hydrogen) atoms. The van der Waals surface area contributed by atoms with Gasteiger partial charge in [-0.1, -0.05) is 34.6 Å². The third kappa shape index (κ3) is 6.26. The van der Waals surface area contributed by atoms with Gasteiger partial charge < -0.3 is 9.73 Å². The first kappa shape index (κ1) is 16.3. The lowest BCUT2D eigenvalue weighted by Crippen LogP contribution is -2.27. The van der Waals surface area contributed by atoms with E-state index in [1.807, 2.05) is 6.26 Å². The average molecular weight is 266 g/mol. The minimum absolute atomic E-state index is 0.684. The van der Waals surface area contributed by atoms with Crippen molar-refractivity contribution in [1.82, 2.24) is 10.2 Å². The number of nitrogens with one attached hydrogen (secondary N) is 1. The molecule has 1 rings (SSSR count). The third-order valence-electron chi connectivity index (χ3n) is 3.14. The number of hydrogen-bond acceptors (Lipinski definition) is 3. The maximum atomic E-state index is 5.65. The second kappa shape index (κ2) is 8.39. The fraction of sp³-hybridized carbons (Fsp3) is 0.750. The van der Waals surface area contributed by atoms with Crippen molar-refractivity contribution in [1.29, 1.82) is 0 Å². The van der Waals surface area contributed by atoms with Crippen molar-refractivity contribution in [3.8, 4) is 0 Å². The highest BCUT2D eigenvalue weighted by atomic mass is 16.3. The molecule has 1 heterocycles. The van der Waals surface area contributed by atoms with Gasteiger partial charge in [0, 0.05) is 18.7 Å². The Balaban J connectivity index is 2.51. The monoisotopic (exact) mass is 266 g/mol. The Hall–Kier alpha value is -0.800. The lowest BCUT2D eigenvalue weighted by atomic mass is 10.1. The van der Waals surface area contributed by atoms with Gasteiger partial charge in [0.1, 0.15) is 5.76 Å². The first-order valence-electron chi connectivity index (χ1n) is 7.51. The van der Waals surface area contributed by atoms with Crippen LogP contribution < -0.4 is 5.32 Å². The summed E-state index contributed by atoms with van der Waals surface area (Å²) in [4.78, 5) is 2.44. The molecule has 1 aromatic rings. The quantitative estimate of drug-likeness (QED) is 0.741. The van der Waals surface area contributed by atoms with Gasteiger partial charge in [-0.2, -0.15) is 0 Å². The summed E-state index contributed by atoms with van der Waals surface area (Å²) in [7, 11) is 0. The van der Waals surface area contributed by atoms with Crippen LogP contribution in [0.5, 0.6) is 0 Å². The van der Waals surface area contributed by atoms with Crippen LogP contribution in [-0.2, 0) is 13.1 Å². The summed E-state index contributed by atoms with van der Waals surface area (Å²) < 4.78 is 5.65. The summed E-state index contributed by atoms with van der Waals surface area (Å²) >= 11 is 0. The highest BCUT2D eigenvalue weighted by Gasteiger charge is 2.12. The largest absolute Gasteiger partial charge is 0.468 e. The smallest absolute Gasteiger partial charge is 0.122 e. The van der Waals surface area contributed by atoms with E-state index in [4.69, 9.17) is 4.42 Å². The van der Waals surface area contributed by atoms with Gasteiger partial charge in [-0.25, -0.2) is 0 Å². The molecule has 0 atom stereocenters. The van der Waals surface area contributed by atoms with Crippen LogP contribution in [0, 0.1) is 11.8 Å². The Labute approximate surface area is 118 Å². The van der Waals surface area contributed by atoms with E-state index < -0.39 is 0 Å². The van der Waals surface area contributed by atoms with E-state index in [0.717, 1.165) is 38.5 Å². The van der Waals surface area contributed by atoms with Crippen LogP contribution in [0.2, 0.25) is 0 Å². The van der Waals surface area contributed by atoms with Crippen LogP contribution in [0.15, 0.2) is 16.7 Å². The molecule has 0 saturated carbocycles. The molecule has 0 radical (unpaired) electrons. The van der Waals surface area contributed by atoms with Crippen LogP contribution >= 0.6 is 0 Å². The topological polar surface area (TPSA) is 28.4 Å². The first-order chi connectivity index (χ1) is 9.02.